The summed E-state index contributed by atoms with van der Waals surface area (Å²) in [6.45, 7) is -0.00411. The lowest BCUT2D eigenvalue weighted by Gasteiger charge is -2.12. The number of nitrogens with two attached hydrogens (primary N) is 1. The summed E-state index contributed by atoms with van der Waals surface area (Å²) in [7, 11) is 0. The van der Waals surface area contributed by atoms with Crippen molar-refractivity contribution in [2.75, 3.05) is 0 Å². The van der Waals surface area contributed by atoms with Crippen LogP contribution in [0.1, 0.15) is 11.1 Å². The summed E-state index contributed by atoms with van der Waals surface area (Å²) in [4.78, 5) is 0. The molecular weight excluding hydrogens is 308 g/mol. The van der Waals surface area contributed by atoms with Gasteiger partial charge in [-0.1, -0.05) is 18.2 Å². The molecule has 4 nitrogen and oxygen atoms in total. The van der Waals surface area contributed by atoms with Crippen LogP contribution in [0, 0.1) is 5.41 Å². The first-order chi connectivity index (χ1) is 9.11. The Labute approximate surface area is 119 Å². The zero-order chi connectivity index (χ0) is 13.8. The van der Waals surface area contributed by atoms with Crippen molar-refractivity contribution >= 4 is 21.8 Å². The molecule has 0 heterocycles. The van der Waals surface area contributed by atoms with E-state index in [1.165, 1.54) is 0 Å². The van der Waals surface area contributed by atoms with Gasteiger partial charge < -0.3 is 15.6 Å². The first kappa shape index (κ1) is 13.6. The topological polar surface area (TPSA) is 79.3 Å². The van der Waals surface area contributed by atoms with Gasteiger partial charge in [-0.3, -0.25) is 5.41 Å². The summed E-state index contributed by atoms with van der Waals surface area (Å²) in [5, 5.41) is 16.6. The van der Waals surface area contributed by atoms with Crippen molar-refractivity contribution in [1.29, 1.82) is 5.41 Å². The number of hydrogen-bond acceptors (Lipinski definition) is 3. The number of ether oxygens (including phenoxy) is 1. The van der Waals surface area contributed by atoms with Crippen LogP contribution < -0.4 is 10.5 Å². The molecule has 0 saturated heterocycles. The molecule has 98 valence electrons. The lowest BCUT2D eigenvalue weighted by atomic mass is 10.2. The SMILES string of the molecule is N=C(N)c1c(Br)cccc1Oc1ccc(CO)cc1. The van der Waals surface area contributed by atoms with E-state index in [2.05, 4.69) is 15.9 Å². The molecule has 19 heavy (non-hydrogen) atoms. The van der Waals surface area contributed by atoms with Gasteiger partial charge in [0.2, 0.25) is 0 Å². The Morgan fingerprint density at radius 1 is 1.21 bits per heavy atom. The van der Waals surface area contributed by atoms with E-state index in [0.717, 1.165) is 5.56 Å². The van der Waals surface area contributed by atoms with Gasteiger partial charge in [-0.05, 0) is 45.8 Å². The van der Waals surface area contributed by atoms with Crippen molar-refractivity contribution in [3.05, 3.63) is 58.1 Å². The Bertz CT molecular complexity index is 597. The van der Waals surface area contributed by atoms with Crippen LogP contribution in [0.4, 0.5) is 0 Å². The number of rotatable bonds is 4. The van der Waals surface area contributed by atoms with Gasteiger partial charge in [-0.25, -0.2) is 0 Å². The molecule has 0 fully saturated rings. The zero-order valence-corrected chi connectivity index (χ0v) is 11.6. The van der Waals surface area contributed by atoms with E-state index < -0.39 is 0 Å². The van der Waals surface area contributed by atoms with Gasteiger partial charge in [-0.2, -0.15) is 0 Å². The predicted octanol–water partition coefficient (Wildman–Crippen LogP) is 3.02. The second-order valence-corrected chi connectivity index (χ2v) is 4.79. The van der Waals surface area contributed by atoms with Gasteiger partial charge in [0.05, 0.1) is 12.2 Å². The molecule has 0 atom stereocenters. The summed E-state index contributed by atoms with van der Waals surface area (Å²) in [6, 6.07) is 12.4. The predicted molar refractivity (Wildman–Crippen MR) is 77.6 cm³/mol. The van der Waals surface area contributed by atoms with E-state index in [4.69, 9.17) is 21.0 Å². The number of halogens is 1. The van der Waals surface area contributed by atoms with Crippen LogP contribution in [0.15, 0.2) is 46.9 Å². The summed E-state index contributed by atoms with van der Waals surface area (Å²) in [5.41, 5.74) is 6.89. The van der Waals surface area contributed by atoms with Gasteiger partial charge in [0.25, 0.3) is 0 Å². The van der Waals surface area contributed by atoms with Gasteiger partial charge in [0, 0.05) is 4.47 Å². The minimum Gasteiger partial charge on any atom is -0.457 e. The molecule has 2 aromatic rings. The molecule has 0 aliphatic carbocycles. The van der Waals surface area contributed by atoms with E-state index in [9.17, 15) is 0 Å². The van der Waals surface area contributed by atoms with Gasteiger partial charge >= 0.3 is 0 Å². The molecule has 5 heteroatoms. The van der Waals surface area contributed by atoms with Gasteiger partial charge in [0.1, 0.15) is 17.3 Å². The molecule has 0 aliphatic heterocycles. The molecule has 0 amide bonds. The lowest BCUT2D eigenvalue weighted by molar-refractivity contribution is 0.281. The van der Waals surface area contributed by atoms with Crippen LogP contribution in [-0.2, 0) is 6.61 Å². The number of aliphatic hydroxyl groups is 1. The number of benzene rings is 2. The van der Waals surface area contributed by atoms with E-state index in [1.54, 1.807) is 36.4 Å². The van der Waals surface area contributed by atoms with E-state index >= 15 is 0 Å². The second-order valence-electron chi connectivity index (χ2n) is 3.93. The van der Waals surface area contributed by atoms with Crippen molar-refractivity contribution in [1.82, 2.24) is 0 Å². The first-order valence-corrected chi connectivity index (χ1v) is 6.41. The van der Waals surface area contributed by atoms with Crippen LogP contribution >= 0.6 is 15.9 Å². The molecule has 2 aromatic carbocycles. The van der Waals surface area contributed by atoms with Crippen molar-refractivity contribution in [2.45, 2.75) is 6.61 Å². The third kappa shape index (κ3) is 3.13. The summed E-state index contributed by atoms with van der Waals surface area (Å²) in [5.74, 6) is 1.07. The summed E-state index contributed by atoms with van der Waals surface area (Å²) in [6.07, 6.45) is 0. The maximum Gasteiger partial charge on any atom is 0.139 e. The highest BCUT2D eigenvalue weighted by atomic mass is 79.9. The average Bonchev–Trinajstić information content (AvgIpc) is 2.39. The third-order valence-corrected chi connectivity index (χ3v) is 3.24. The molecule has 0 aromatic heterocycles. The minimum atomic E-state index is -0.0607. The smallest absolute Gasteiger partial charge is 0.139 e. The zero-order valence-electron chi connectivity index (χ0n) is 10.1. The van der Waals surface area contributed by atoms with Crippen LogP contribution in [0.25, 0.3) is 0 Å². The van der Waals surface area contributed by atoms with Crippen LogP contribution in [0.2, 0.25) is 0 Å². The second kappa shape index (κ2) is 5.86. The normalized spacial score (nSPS) is 10.2. The molecule has 0 bridgehead atoms. The Hall–Kier alpha value is -1.85. The maximum absolute atomic E-state index is 8.98. The Kier molecular flexibility index (Phi) is 4.19. The van der Waals surface area contributed by atoms with Crippen molar-refractivity contribution < 1.29 is 9.84 Å². The Balaban J connectivity index is 2.32. The fraction of sp³-hybridized carbons (Fsp3) is 0.0714. The van der Waals surface area contributed by atoms with Gasteiger partial charge in [0.15, 0.2) is 0 Å². The molecule has 0 radical (unpaired) electrons. The number of hydrogen-bond donors (Lipinski definition) is 3. The van der Waals surface area contributed by atoms with Crippen molar-refractivity contribution in [3.8, 4) is 11.5 Å². The molecular formula is C14H13BrN2O2. The average molecular weight is 321 g/mol. The Morgan fingerprint density at radius 3 is 2.47 bits per heavy atom. The van der Waals surface area contributed by atoms with Gasteiger partial charge in [-0.15, -0.1) is 0 Å². The molecule has 0 unspecified atom stereocenters. The van der Waals surface area contributed by atoms with Crippen LogP contribution in [0.5, 0.6) is 11.5 Å². The number of aliphatic hydroxyl groups excluding tert-OH is 1. The molecule has 2 rings (SSSR count). The first-order valence-electron chi connectivity index (χ1n) is 5.62. The summed E-state index contributed by atoms with van der Waals surface area (Å²) < 4.78 is 6.43. The Morgan fingerprint density at radius 2 is 1.89 bits per heavy atom. The number of nitrogens with one attached hydrogen (secondary N) is 1. The molecule has 0 spiro atoms. The number of nitrogen functional groups attached to an aromatic ring is 1. The largest absolute Gasteiger partial charge is 0.457 e. The molecule has 0 saturated carbocycles. The highest BCUT2D eigenvalue weighted by Crippen LogP contribution is 2.30. The van der Waals surface area contributed by atoms with Crippen LogP contribution in [0.3, 0.4) is 0 Å². The van der Waals surface area contributed by atoms with Crippen molar-refractivity contribution in [3.63, 3.8) is 0 Å². The monoisotopic (exact) mass is 320 g/mol. The van der Waals surface area contributed by atoms with E-state index in [1.807, 2.05) is 6.07 Å². The lowest BCUT2D eigenvalue weighted by Crippen LogP contribution is -2.13. The molecule has 4 N–H and O–H groups in total. The van der Waals surface area contributed by atoms with E-state index in [0.29, 0.717) is 21.5 Å². The van der Waals surface area contributed by atoms with Crippen LogP contribution in [-0.4, -0.2) is 10.9 Å². The standard InChI is InChI=1S/C14H13BrN2O2/c15-11-2-1-3-12(13(11)14(16)17)19-10-6-4-9(8-18)5-7-10/h1-7,18H,8H2,(H3,16,17). The third-order valence-electron chi connectivity index (χ3n) is 2.58. The maximum atomic E-state index is 8.98. The van der Waals surface area contributed by atoms with E-state index in [-0.39, 0.29) is 12.4 Å². The highest BCUT2D eigenvalue weighted by Gasteiger charge is 2.11. The fourth-order valence-corrected chi connectivity index (χ4v) is 2.20. The fourth-order valence-electron chi connectivity index (χ4n) is 1.64. The van der Waals surface area contributed by atoms with Crippen molar-refractivity contribution in [2.24, 2.45) is 5.73 Å². The minimum absolute atomic E-state index is 0.00411. The number of amidine groups is 1. The quantitative estimate of drug-likeness (QED) is 0.598. The molecule has 0 aliphatic rings. The summed E-state index contributed by atoms with van der Waals surface area (Å²) >= 11 is 3.35. The highest BCUT2D eigenvalue weighted by molar-refractivity contribution is 9.10.